The maximum absolute atomic E-state index is 11.7. The lowest BCUT2D eigenvalue weighted by atomic mass is 10.2. The van der Waals surface area contributed by atoms with Gasteiger partial charge in [-0.05, 0) is 40.5 Å². The van der Waals surface area contributed by atoms with Crippen LogP contribution in [0.25, 0.3) is 0 Å². The van der Waals surface area contributed by atoms with E-state index in [0.29, 0.717) is 16.6 Å². The number of phenolic OH excluding ortho intramolecular Hbond substituents is 1. The van der Waals surface area contributed by atoms with Crippen LogP contribution in [0.15, 0.2) is 22.7 Å². The van der Waals surface area contributed by atoms with E-state index in [1.807, 2.05) is 0 Å². The lowest BCUT2D eigenvalue weighted by Crippen LogP contribution is -2.06. The molecule has 0 radical (unpaired) electrons. The van der Waals surface area contributed by atoms with Gasteiger partial charge in [-0.25, -0.2) is 4.79 Å². The standard InChI is InChI=1S/C14H19BrO3/c1-2-3-4-5-6-9-18-14(17)11-7-8-13(16)12(15)10-11/h7-8,10,16H,2-6,9H2,1H3. The summed E-state index contributed by atoms with van der Waals surface area (Å²) in [5, 5.41) is 9.32. The van der Waals surface area contributed by atoms with E-state index < -0.39 is 0 Å². The van der Waals surface area contributed by atoms with Crippen molar-refractivity contribution >= 4 is 21.9 Å². The zero-order valence-electron chi connectivity index (χ0n) is 10.6. The third kappa shape index (κ3) is 5.08. The van der Waals surface area contributed by atoms with Gasteiger partial charge in [-0.2, -0.15) is 0 Å². The number of rotatable bonds is 7. The quantitative estimate of drug-likeness (QED) is 0.603. The van der Waals surface area contributed by atoms with Gasteiger partial charge in [-0.15, -0.1) is 0 Å². The summed E-state index contributed by atoms with van der Waals surface area (Å²) in [7, 11) is 0. The summed E-state index contributed by atoms with van der Waals surface area (Å²) in [6, 6.07) is 4.59. The molecule has 0 atom stereocenters. The normalized spacial score (nSPS) is 10.3. The molecular formula is C14H19BrO3. The number of unbranched alkanes of at least 4 members (excludes halogenated alkanes) is 4. The van der Waals surface area contributed by atoms with Gasteiger partial charge in [-0.3, -0.25) is 0 Å². The second-order valence-electron chi connectivity index (χ2n) is 4.22. The van der Waals surface area contributed by atoms with Gasteiger partial charge in [-0.1, -0.05) is 32.6 Å². The molecule has 1 rings (SSSR count). The number of hydrogen-bond donors (Lipinski definition) is 1. The summed E-state index contributed by atoms with van der Waals surface area (Å²) in [5.41, 5.74) is 0.452. The van der Waals surface area contributed by atoms with Gasteiger partial charge in [0.1, 0.15) is 5.75 Å². The maximum Gasteiger partial charge on any atom is 0.338 e. The molecule has 0 bridgehead atoms. The van der Waals surface area contributed by atoms with Crippen LogP contribution in [0.1, 0.15) is 49.4 Å². The predicted octanol–water partition coefficient (Wildman–Crippen LogP) is 4.28. The van der Waals surface area contributed by atoms with Crippen molar-refractivity contribution in [1.29, 1.82) is 0 Å². The highest BCUT2D eigenvalue weighted by Crippen LogP contribution is 2.24. The van der Waals surface area contributed by atoms with Gasteiger partial charge in [0.25, 0.3) is 0 Å². The third-order valence-corrected chi connectivity index (χ3v) is 3.30. The van der Waals surface area contributed by atoms with E-state index in [-0.39, 0.29) is 11.7 Å². The molecule has 18 heavy (non-hydrogen) atoms. The Morgan fingerprint density at radius 2 is 2.00 bits per heavy atom. The summed E-state index contributed by atoms with van der Waals surface area (Å²) < 4.78 is 5.66. The topological polar surface area (TPSA) is 46.5 Å². The number of carbonyl (C=O) groups excluding carboxylic acids is 1. The molecule has 1 aromatic carbocycles. The smallest absolute Gasteiger partial charge is 0.338 e. The SMILES string of the molecule is CCCCCCCOC(=O)c1ccc(O)c(Br)c1. The Labute approximate surface area is 116 Å². The van der Waals surface area contributed by atoms with Crippen molar-refractivity contribution in [1.82, 2.24) is 0 Å². The summed E-state index contributed by atoms with van der Waals surface area (Å²) in [5.74, 6) is -0.225. The molecule has 0 heterocycles. The molecule has 100 valence electrons. The van der Waals surface area contributed by atoms with E-state index in [4.69, 9.17) is 4.74 Å². The molecule has 0 unspecified atom stereocenters. The van der Waals surface area contributed by atoms with Gasteiger partial charge in [0, 0.05) is 0 Å². The highest BCUT2D eigenvalue weighted by Gasteiger charge is 2.09. The molecule has 0 amide bonds. The number of aromatic hydroxyl groups is 1. The first-order valence-corrected chi connectivity index (χ1v) is 7.10. The first-order valence-electron chi connectivity index (χ1n) is 6.30. The van der Waals surface area contributed by atoms with Gasteiger partial charge >= 0.3 is 5.97 Å². The van der Waals surface area contributed by atoms with Gasteiger partial charge < -0.3 is 9.84 Å². The number of carbonyl (C=O) groups is 1. The number of ether oxygens (including phenoxy) is 1. The lowest BCUT2D eigenvalue weighted by molar-refractivity contribution is 0.0497. The Morgan fingerprint density at radius 3 is 2.67 bits per heavy atom. The Morgan fingerprint density at radius 1 is 1.28 bits per heavy atom. The van der Waals surface area contributed by atoms with Gasteiger partial charge in [0.05, 0.1) is 16.6 Å². The first-order chi connectivity index (χ1) is 8.65. The lowest BCUT2D eigenvalue weighted by Gasteiger charge is -2.05. The average molecular weight is 315 g/mol. The fourth-order valence-electron chi connectivity index (χ4n) is 1.59. The van der Waals surface area contributed by atoms with Crippen LogP contribution in [0.3, 0.4) is 0 Å². The van der Waals surface area contributed by atoms with Crippen molar-refractivity contribution in [3.05, 3.63) is 28.2 Å². The molecule has 0 aliphatic rings. The summed E-state index contributed by atoms with van der Waals surface area (Å²) in [6.07, 6.45) is 5.64. The minimum absolute atomic E-state index is 0.117. The fraction of sp³-hybridized carbons (Fsp3) is 0.500. The van der Waals surface area contributed by atoms with E-state index in [9.17, 15) is 9.90 Å². The minimum Gasteiger partial charge on any atom is -0.507 e. The van der Waals surface area contributed by atoms with Crippen LogP contribution in [-0.4, -0.2) is 17.7 Å². The second-order valence-corrected chi connectivity index (χ2v) is 5.07. The van der Waals surface area contributed by atoms with Crippen molar-refractivity contribution in [2.45, 2.75) is 39.0 Å². The van der Waals surface area contributed by atoms with Gasteiger partial charge in [0.2, 0.25) is 0 Å². The van der Waals surface area contributed by atoms with E-state index in [1.165, 1.54) is 25.3 Å². The van der Waals surface area contributed by atoms with E-state index in [2.05, 4.69) is 22.9 Å². The van der Waals surface area contributed by atoms with Crippen molar-refractivity contribution in [2.24, 2.45) is 0 Å². The molecule has 0 aromatic heterocycles. The minimum atomic E-state index is -0.341. The Balaban J connectivity index is 2.30. The zero-order chi connectivity index (χ0) is 13.4. The van der Waals surface area contributed by atoms with Crippen LogP contribution in [-0.2, 0) is 4.74 Å². The molecular weight excluding hydrogens is 296 g/mol. The van der Waals surface area contributed by atoms with E-state index >= 15 is 0 Å². The molecule has 0 saturated heterocycles. The molecule has 0 aliphatic carbocycles. The molecule has 0 spiro atoms. The molecule has 1 aromatic rings. The molecule has 0 fully saturated rings. The van der Waals surface area contributed by atoms with Crippen molar-refractivity contribution < 1.29 is 14.6 Å². The third-order valence-electron chi connectivity index (χ3n) is 2.66. The number of esters is 1. The number of hydrogen-bond acceptors (Lipinski definition) is 3. The largest absolute Gasteiger partial charge is 0.507 e. The number of benzene rings is 1. The summed E-state index contributed by atoms with van der Waals surface area (Å²) in [6.45, 7) is 2.63. The van der Waals surface area contributed by atoms with Crippen molar-refractivity contribution in [3.63, 3.8) is 0 Å². The maximum atomic E-state index is 11.7. The molecule has 0 saturated carbocycles. The monoisotopic (exact) mass is 314 g/mol. The first kappa shape index (κ1) is 15.0. The van der Waals surface area contributed by atoms with Crippen molar-refractivity contribution in [2.75, 3.05) is 6.61 Å². The molecule has 3 nitrogen and oxygen atoms in total. The predicted molar refractivity (Wildman–Crippen MR) is 74.8 cm³/mol. The summed E-state index contributed by atoms with van der Waals surface area (Å²) in [4.78, 5) is 11.7. The Kier molecular flexibility index (Phi) is 6.80. The molecule has 4 heteroatoms. The highest BCUT2D eigenvalue weighted by atomic mass is 79.9. The number of halogens is 1. The summed E-state index contributed by atoms with van der Waals surface area (Å²) >= 11 is 3.17. The van der Waals surface area contributed by atoms with Crippen LogP contribution < -0.4 is 0 Å². The van der Waals surface area contributed by atoms with Crippen LogP contribution >= 0.6 is 15.9 Å². The van der Waals surface area contributed by atoms with Gasteiger partial charge in [0.15, 0.2) is 0 Å². The Bertz CT molecular complexity index is 391. The Hall–Kier alpha value is -1.03. The molecule has 0 aliphatic heterocycles. The van der Waals surface area contributed by atoms with E-state index in [1.54, 1.807) is 12.1 Å². The van der Waals surface area contributed by atoms with Crippen LogP contribution in [0, 0.1) is 0 Å². The highest BCUT2D eigenvalue weighted by molar-refractivity contribution is 9.10. The van der Waals surface area contributed by atoms with Crippen LogP contribution in [0.2, 0.25) is 0 Å². The molecule has 1 N–H and O–H groups in total. The van der Waals surface area contributed by atoms with Crippen LogP contribution in [0.4, 0.5) is 0 Å². The van der Waals surface area contributed by atoms with Crippen LogP contribution in [0.5, 0.6) is 5.75 Å². The zero-order valence-corrected chi connectivity index (χ0v) is 12.2. The van der Waals surface area contributed by atoms with E-state index in [0.717, 1.165) is 12.8 Å². The number of phenols is 1. The van der Waals surface area contributed by atoms with Crippen molar-refractivity contribution in [3.8, 4) is 5.75 Å². The fourth-order valence-corrected chi connectivity index (χ4v) is 1.97. The average Bonchev–Trinajstić information content (AvgIpc) is 2.36. The second kappa shape index (κ2) is 8.14.